The number of aliphatic carboxylic acids is 1. The van der Waals surface area contributed by atoms with Crippen LogP contribution in [0.25, 0.3) is 21.0 Å². The predicted molar refractivity (Wildman–Crippen MR) is 126 cm³/mol. The fourth-order valence-electron chi connectivity index (χ4n) is 3.54. The second-order valence-electron chi connectivity index (χ2n) is 7.74. The monoisotopic (exact) mass is 465 g/mol. The molecular weight excluding hydrogens is 442 g/mol. The lowest BCUT2D eigenvalue weighted by Gasteiger charge is -2.11. The highest BCUT2D eigenvalue weighted by atomic mass is 32.1. The van der Waals surface area contributed by atoms with Gasteiger partial charge in [0.25, 0.3) is 5.56 Å². The van der Waals surface area contributed by atoms with Crippen molar-refractivity contribution in [2.45, 2.75) is 32.7 Å². The highest BCUT2D eigenvalue weighted by Crippen LogP contribution is 2.31. The number of carbonyl (C=O) groups is 2. The van der Waals surface area contributed by atoms with Gasteiger partial charge in [0.05, 0.1) is 22.8 Å². The van der Waals surface area contributed by atoms with Gasteiger partial charge in [-0.15, -0.1) is 16.4 Å². The summed E-state index contributed by atoms with van der Waals surface area (Å²) < 4.78 is 7.71. The zero-order chi connectivity index (χ0) is 23.4. The predicted octanol–water partition coefficient (Wildman–Crippen LogP) is 4.16. The van der Waals surface area contributed by atoms with Crippen LogP contribution in [0, 0.1) is 5.92 Å². The number of carboxylic acid groups (broad SMARTS) is 1. The average molecular weight is 466 g/mol. The molecule has 2 aromatic carbocycles. The first-order valence-electron chi connectivity index (χ1n) is 10.7. The van der Waals surface area contributed by atoms with Gasteiger partial charge in [0, 0.05) is 17.7 Å². The van der Waals surface area contributed by atoms with Crippen LogP contribution in [0.5, 0.6) is 5.75 Å². The standard InChI is InChI=1S/C24H23N3O5S/c1-2-11-32-17-8-7-15-13-22(33-21(15)14-17)20(28)12-16(24(30)31)9-10-27-23(29)18-5-3-4-6-19(18)25-26-27/h3-8,13-14,16H,2,9-12H2,1H3,(H,30,31). The first-order chi connectivity index (χ1) is 16.0. The second-order valence-corrected chi connectivity index (χ2v) is 8.83. The molecule has 0 radical (unpaired) electrons. The van der Waals surface area contributed by atoms with E-state index in [1.54, 1.807) is 30.3 Å². The number of carboxylic acids is 1. The summed E-state index contributed by atoms with van der Waals surface area (Å²) in [6, 6.07) is 14.3. The Morgan fingerprint density at radius 1 is 1.18 bits per heavy atom. The Bertz CT molecular complexity index is 1380. The maximum Gasteiger partial charge on any atom is 0.307 e. The first-order valence-corrected chi connectivity index (χ1v) is 11.5. The van der Waals surface area contributed by atoms with E-state index in [1.807, 2.05) is 25.1 Å². The SMILES string of the molecule is CCCOc1ccc2cc(C(=O)CC(CCn3nnc4ccccc4c3=O)C(=O)O)sc2c1. The van der Waals surface area contributed by atoms with Crippen molar-refractivity contribution >= 4 is 44.1 Å². The number of ether oxygens (including phenoxy) is 1. The molecule has 1 atom stereocenters. The summed E-state index contributed by atoms with van der Waals surface area (Å²) in [5.74, 6) is -1.51. The third kappa shape index (κ3) is 5.09. The van der Waals surface area contributed by atoms with Crippen LogP contribution in [0.1, 0.15) is 35.9 Å². The summed E-state index contributed by atoms with van der Waals surface area (Å²) in [4.78, 5) is 37.8. The van der Waals surface area contributed by atoms with Crippen molar-refractivity contribution in [1.82, 2.24) is 15.0 Å². The molecule has 0 aliphatic heterocycles. The number of ketones is 1. The van der Waals surface area contributed by atoms with Gasteiger partial charge in [-0.1, -0.05) is 24.3 Å². The third-order valence-corrected chi connectivity index (χ3v) is 6.48. The molecule has 4 aromatic rings. The van der Waals surface area contributed by atoms with Gasteiger partial charge in [0.2, 0.25) is 0 Å². The number of aromatic nitrogens is 3. The normalized spacial score (nSPS) is 12.2. The zero-order valence-corrected chi connectivity index (χ0v) is 18.9. The number of thiophene rings is 1. The quantitative estimate of drug-likeness (QED) is 0.350. The van der Waals surface area contributed by atoms with Crippen LogP contribution in [0.3, 0.4) is 0 Å². The molecule has 4 rings (SSSR count). The van der Waals surface area contributed by atoms with Gasteiger partial charge in [-0.3, -0.25) is 14.4 Å². The summed E-state index contributed by atoms with van der Waals surface area (Å²) in [7, 11) is 0. The summed E-state index contributed by atoms with van der Waals surface area (Å²) in [5, 5.41) is 18.9. The van der Waals surface area contributed by atoms with Crippen molar-refractivity contribution in [1.29, 1.82) is 0 Å². The first kappa shape index (κ1) is 22.6. The maximum absolute atomic E-state index is 12.9. The number of fused-ring (bicyclic) bond motifs is 2. The van der Waals surface area contributed by atoms with Crippen LogP contribution in [0.4, 0.5) is 0 Å². The van der Waals surface area contributed by atoms with Gasteiger partial charge < -0.3 is 9.84 Å². The maximum atomic E-state index is 12.9. The Hall–Kier alpha value is -3.59. The Kier molecular flexibility index (Phi) is 6.79. The molecule has 0 amide bonds. The molecule has 2 heterocycles. The Balaban J connectivity index is 1.47. The molecule has 0 spiro atoms. The van der Waals surface area contributed by atoms with Crippen molar-refractivity contribution in [2.24, 2.45) is 5.92 Å². The van der Waals surface area contributed by atoms with Crippen molar-refractivity contribution in [3.05, 3.63) is 63.8 Å². The summed E-state index contributed by atoms with van der Waals surface area (Å²) in [6.07, 6.45) is 0.838. The van der Waals surface area contributed by atoms with E-state index in [0.29, 0.717) is 22.4 Å². The van der Waals surface area contributed by atoms with Crippen molar-refractivity contribution in [2.75, 3.05) is 6.61 Å². The average Bonchev–Trinajstić information content (AvgIpc) is 3.25. The van der Waals surface area contributed by atoms with Gasteiger partial charge >= 0.3 is 5.97 Å². The van der Waals surface area contributed by atoms with Crippen molar-refractivity contribution < 1.29 is 19.4 Å². The number of carbonyl (C=O) groups excluding carboxylic acids is 1. The molecule has 0 fully saturated rings. The molecule has 8 nitrogen and oxygen atoms in total. The molecule has 0 aliphatic carbocycles. The summed E-state index contributed by atoms with van der Waals surface area (Å²) in [6.45, 7) is 2.71. The molecule has 0 bridgehead atoms. The van der Waals surface area contributed by atoms with E-state index < -0.39 is 11.9 Å². The fraction of sp³-hybridized carbons (Fsp3) is 0.292. The Morgan fingerprint density at radius 3 is 2.79 bits per heavy atom. The fourth-order valence-corrected chi connectivity index (χ4v) is 4.58. The van der Waals surface area contributed by atoms with E-state index in [1.165, 1.54) is 11.3 Å². The lowest BCUT2D eigenvalue weighted by Crippen LogP contribution is -2.27. The van der Waals surface area contributed by atoms with E-state index in [4.69, 9.17) is 4.74 Å². The number of Topliss-reactive ketones (excluding diaryl/α,β-unsaturated/α-hetero) is 1. The Labute approximate surface area is 193 Å². The van der Waals surface area contributed by atoms with E-state index in [-0.39, 0.29) is 30.7 Å². The largest absolute Gasteiger partial charge is 0.494 e. The van der Waals surface area contributed by atoms with Crippen molar-refractivity contribution in [3.8, 4) is 5.75 Å². The third-order valence-electron chi connectivity index (χ3n) is 5.34. The van der Waals surface area contributed by atoms with Gasteiger partial charge in [0.15, 0.2) is 5.78 Å². The number of benzene rings is 2. The summed E-state index contributed by atoms with van der Waals surface area (Å²) in [5.41, 5.74) is 0.151. The Morgan fingerprint density at radius 2 is 2.00 bits per heavy atom. The van der Waals surface area contributed by atoms with Crippen LogP contribution in [-0.2, 0) is 11.3 Å². The molecular formula is C24H23N3O5S. The van der Waals surface area contributed by atoms with E-state index >= 15 is 0 Å². The van der Waals surface area contributed by atoms with Crippen LogP contribution < -0.4 is 10.3 Å². The number of nitrogens with zero attached hydrogens (tertiary/aromatic N) is 3. The molecule has 0 aliphatic rings. The van der Waals surface area contributed by atoms with Crippen LogP contribution >= 0.6 is 11.3 Å². The summed E-state index contributed by atoms with van der Waals surface area (Å²) >= 11 is 1.33. The van der Waals surface area contributed by atoms with E-state index in [9.17, 15) is 19.5 Å². The van der Waals surface area contributed by atoms with Gasteiger partial charge in [-0.2, -0.15) is 0 Å². The molecule has 0 saturated carbocycles. The molecule has 170 valence electrons. The van der Waals surface area contributed by atoms with Crippen molar-refractivity contribution in [3.63, 3.8) is 0 Å². The molecule has 1 unspecified atom stereocenters. The van der Waals surface area contributed by atoms with E-state index in [0.717, 1.165) is 26.9 Å². The van der Waals surface area contributed by atoms with Gasteiger partial charge in [-0.25, -0.2) is 4.68 Å². The minimum atomic E-state index is -1.08. The molecule has 1 N–H and O–H groups in total. The van der Waals surface area contributed by atoms with Gasteiger partial charge in [-0.05, 0) is 54.6 Å². The highest BCUT2D eigenvalue weighted by molar-refractivity contribution is 7.20. The number of rotatable bonds is 10. The molecule has 0 saturated heterocycles. The van der Waals surface area contributed by atoms with Crippen LogP contribution in [0.15, 0.2) is 53.3 Å². The van der Waals surface area contributed by atoms with Gasteiger partial charge in [0.1, 0.15) is 11.3 Å². The number of aryl methyl sites for hydroxylation is 1. The molecule has 2 aromatic heterocycles. The van der Waals surface area contributed by atoms with E-state index in [2.05, 4.69) is 10.3 Å². The number of hydrogen-bond donors (Lipinski definition) is 1. The van der Waals surface area contributed by atoms with Crippen LogP contribution in [-0.4, -0.2) is 38.5 Å². The zero-order valence-electron chi connectivity index (χ0n) is 18.1. The smallest absolute Gasteiger partial charge is 0.307 e. The lowest BCUT2D eigenvalue weighted by molar-refractivity contribution is -0.142. The molecule has 9 heteroatoms. The van der Waals surface area contributed by atoms with Crippen LogP contribution in [0.2, 0.25) is 0 Å². The topological polar surface area (TPSA) is 111 Å². The molecule has 33 heavy (non-hydrogen) atoms. The minimum Gasteiger partial charge on any atom is -0.494 e. The second kappa shape index (κ2) is 9.91. The lowest BCUT2D eigenvalue weighted by atomic mass is 9.98. The minimum absolute atomic E-state index is 0.0610. The highest BCUT2D eigenvalue weighted by Gasteiger charge is 2.24. The number of hydrogen-bond acceptors (Lipinski definition) is 7.